The second-order valence-corrected chi connectivity index (χ2v) is 6.79. The van der Waals surface area contributed by atoms with E-state index in [9.17, 15) is 5.11 Å². The molecule has 0 amide bonds. The molecule has 3 rings (SSSR count). The SMILES string of the molecule is O[C@](CC#CCN1CCCC1)(c1ccccc1)C1CCCC1. The lowest BCUT2D eigenvalue weighted by Crippen LogP contribution is -2.33. The molecule has 0 unspecified atom stereocenters. The van der Waals surface area contributed by atoms with Crippen molar-refractivity contribution < 1.29 is 5.11 Å². The van der Waals surface area contributed by atoms with Crippen LogP contribution in [0.5, 0.6) is 0 Å². The predicted octanol–water partition coefficient (Wildman–Crippen LogP) is 3.55. The predicted molar refractivity (Wildman–Crippen MR) is 90.4 cm³/mol. The summed E-state index contributed by atoms with van der Waals surface area (Å²) in [6.45, 7) is 3.22. The van der Waals surface area contributed by atoms with Crippen molar-refractivity contribution in [2.75, 3.05) is 19.6 Å². The molecule has 0 aromatic heterocycles. The van der Waals surface area contributed by atoms with Crippen molar-refractivity contribution in [1.29, 1.82) is 0 Å². The van der Waals surface area contributed by atoms with Crippen LogP contribution in [0.4, 0.5) is 0 Å². The highest BCUT2D eigenvalue weighted by atomic mass is 16.3. The molecule has 1 aromatic carbocycles. The minimum absolute atomic E-state index is 0.357. The molecule has 118 valence electrons. The summed E-state index contributed by atoms with van der Waals surface area (Å²) in [5.41, 5.74) is 0.271. The van der Waals surface area contributed by atoms with Crippen LogP contribution in [-0.4, -0.2) is 29.6 Å². The zero-order chi connectivity index (χ0) is 15.3. The number of hydrogen-bond donors (Lipinski definition) is 1. The summed E-state index contributed by atoms with van der Waals surface area (Å²) in [6.07, 6.45) is 7.89. The van der Waals surface area contributed by atoms with Crippen LogP contribution in [-0.2, 0) is 5.60 Å². The van der Waals surface area contributed by atoms with Crippen molar-refractivity contribution in [3.8, 4) is 11.8 Å². The van der Waals surface area contributed by atoms with Gasteiger partial charge in [-0.2, -0.15) is 0 Å². The Balaban J connectivity index is 1.70. The quantitative estimate of drug-likeness (QED) is 0.859. The average Bonchev–Trinajstić information content (AvgIpc) is 3.25. The fraction of sp³-hybridized carbons (Fsp3) is 0.600. The summed E-state index contributed by atoms with van der Waals surface area (Å²) >= 11 is 0. The highest BCUT2D eigenvalue weighted by Gasteiger charge is 2.39. The van der Waals surface area contributed by atoms with Gasteiger partial charge in [0, 0.05) is 6.42 Å². The van der Waals surface area contributed by atoms with Crippen molar-refractivity contribution in [2.45, 2.75) is 50.5 Å². The summed E-state index contributed by atoms with van der Waals surface area (Å²) in [6, 6.07) is 10.2. The molecule has 1 aliphatic carbocycles. The Bertz CT molecular complexity index is 518. The van der Waals surface area contributed by atoms with Crippen molar-refractivity contribution in [1.82, 2.24) is 4.90 Å². The van der Waals surface area contributed by atoms with Gasteiger partial charge >= 0.3 is 0 Å². The summed E-state index contributed by atoms with van der Waals surface area (Å²) in [5.74, 6) is 6.94. The van der Waals surface area contributed by atoms with Crippen LogP contribution >= 0.6 is 0 Å². The molecular formula is C20H27NO. The molecule has 1 N–H and O–H groups in total. The van der Waals surface area contributed by atoms with Gasteiger partial charge < -0.3 is 5.11 Å². The van der Waals surface area contributed by atoms with Crippen molar-refractivity contribution in [2.24, 2.45) is 5.92 Å². The maximum atomic E-state index is 11.4. The summed E-state index contributed by atoms with van der Waals surface area (Å²) < 4.78 is 0. The maximum absolute atomic E-state index is 11.4. The second kappa shape index (κ2) is 7.31. The Morgan fingerprint density at radius 1 is 1.00 bits per heavy atom. The largest absolute Gasteiger partial charge is 0.384 e. The van der Waals surface area contributed by atoms with Gasteiger partial charge in [0.15, 0.2) is 0 Å². The molecule has 2 aliphatic rings. The van der Waals surface area contributed by atoms with Gasteiger partial charge in [-0.15, -0.1) is 0 Å². The van der Waals surface area contributed by atoms with Crippen LogP contribution in [0.3, 0.4) is 0 Å². The van der Waals surface area contributed by atoms with Gasteiger partial charge in [0.1, 0.15) is 5.60 Å². The molecule has 0 bridgehead atoms. The molecule has 2 fully saturated rings. The molecular weight excluding hydrogens is 270 g/mol. The van der Waals surface area contributed by atoms with E-state index in [2.05, 4.69) is 28.9 Å². The number of rotatable bonds is 4. The molecule has 0 radical (unpaired) electrons. The third kappa shape index (κ3) is 3.54. The van der Waals surface area contributed by atoms with Gasteiger partial charge in [0.25, 0.3) is 0 Å². The number of hydrogen-bond acceptors (Lipinski definition) is 2. The molecule has 1 atom stereocenters. The summed E-state index contributed by atoms with van der Waals surface area (Å²) in [5, 5.41) is 11.4. The fourth-order valence-electron chi connectivity index (χ4n) is 3.92. The normalized spacial score (nSPS) is 22.2. The maximum Gasteiger partial charge on any atom is 0.103 e. The molecule has 2 nitrogen and oxygen atoms in total. The van der Waals surface area contributed by atoms with Crippen LogP contribution in [0.15, 0.2) is 30.3 Å². The van der Waals surface area contributed by atoms with E-state index >= 15 is 0 Å². The topological polar surface area (TPSA) is 23.5 Å². The molecule has 2 heteroatoms. The molecule has 1 heterocycles. The fourth-order valence-corrected chi connectivity index (χ4v) is 3.92. The van der Waals surface area contributed by atoms with E-state index in [0.717, 1.165) is 24.9 Å². The molecule has 1 aromatic rings. The first-order chi connectivity index (χ1) is 10.8. The number of aliphatic hydroxyl groups is 1. The van der Waals surface area contributed by atoms with E-state index in [4.69, 9.17) is 0 Å². The molecule has 1 saturated heterocycles. The minimum atomic E-state index is -0.768. The van der Waals surface area contributed by atoms with Crippen LogP contribution in [0.1, 0.15) is 50.5 Å². The van der Waals surface area contributed by atoms with E-state index in [0.29, 0.717) is 12.3 Å². The van der Waals surface area contributed by atoms with E-state index in [-0.39, 0.29) is 0 Å². The average molecular weight is 297 g/mol. The summed E-state index contributed by atoms with van der Waals surface area (Å²) in [4.78, 5) is 2.41. The van der Waals surface area contributed by atoms with Gasteiger partial charge in [-0.1, -0.05) is 55.0 Å². The first-order valence-electron chi connectivity index (χ1n) is 8.75. The third-order valence-electron chi connectivity index (χ3n) is 5.29. The van der Waals surface area contributed by atoms with Gasteiger partial charge in [0.05, 0.1) is 6.54 Å². The highest BCUT2D eigenvalue weighted by molar-refractivity contribution is 5.26. The van der Waals surface area contributed by atoms with Crippen LogP contribution in [0.25, 0.3) is 0 Å². The molecule has 22 heavy (non-hydrogen) atoms. The Morgan fingerprint density at radius 2 is 1.68 bits per heavy atom. The second-order valence-electron chi connectivity index (χ2n) is 6.79. The smallest absolute Gasteiger partial charge is 0.103 e. The lowest BCUT2D eigenvalue weighted by molar-refractivity contribution is -0.0173. The Labute approximate surface area is 134 Å². The van der Waals surface area contributed by atoms with Gasteiger partial charge in [-0.3, -0.25) is 4.90 Å². The Kier molecular flexibility index (Phi) is 5.18. The Hall–Kier alpha value is -1.30. The zero-order valence-corrected chi connectivity index (χ0v) is 13.4. The molecule has 0 spiro atoms. The standard InChI is InChI=1S/C20H27NO/c22-20(19-12-4-5-13-19,18-10-2-1-3-11-18)14-6-7-15-21-16-8-9-17-21/h1-3,10-11,19,22H,4-5,8-9,12-17H2/t20-/m1/s1. The molecule has 1 aliphatic heterocycles. The first-order valence-corrected chi connectivity index (χ1v) is 8.75. The monoisotopic (exact) mass is 297 g/mol. The number of likely N-dealkylation sites (tertiary alicyclic amines) is 1. The Morgan fingerprint density at radius 3 is 2.36 bits per heavy atom. The van der Waals surface area contributed by atoms with E-state index in [1.165, 1.54) is 38.8 Å². The van der Waals surface area contributed by atoms with Crippen LogP contribution < -0.4 is 0 Å². The lowest BCUT2D eigenvalue weighted by Gasteiger charge is -2.33. The van der Waals surface area contributed by atoms with Gasteiger partial charge in [-0.25, -0.2) is 0 Å². The van der Waals surface area contributed by atoms with E-state index < -0.39 is 5.60 Å². The lowest BCUT2D eigenvalue weighted by atomic mass is 9.78. The third-order valence-corrected chi connectivity index (χ3v) is 5.29. The van der Waals surface area contributed by atoms with Crippen LogP contribution in [0.2, 0.25) is 0 Å². The highest BCUT2D eigenvalue weighted by Crippen LogP contribution is 2.42. The van der Waals surface area contributed by atoms with E-state index in [1.54, 1.807) is 0 Å². The van der Waals surface area contributed by atoms with Crippen molar-refractivity contribution in [3.05, 3.63) is 35.9 Å². The first kappa shape index (κ1) is 15.6. The van der Waals surface area contributed by atoms with E-state index in [1.807, 2.05) is 18.2 Å². The van der Waals surface area contributed by atoms with Gasteiger partial charge in [0.2, 0.25) is 0 Å². The van der Waals surface area contributed by atoms with Gasteiger partial charge in [-0.05, 0) is 50.3 Å². The summed E-state index contributed by atoms with van der Waals surface area (Å²) in [7, 11) is 0. The van der Waals surface area contributed by atoms with Crippen LogP contribution in [0, 0.1) is 17.8 Å². The van der Waals surface area contributed by atoms with Crippen molar-refractivity contribution >= 4 is 0 Å². The van der Waals surface area contributed by atoms with Crippen molar-refractivity contribution in [3.63, 3.8) is 0 Å². The molecule has 1 saturated carbocycles. The number of nitrogens with zero attached hydrogens (tertiary/aromatic N) is 1. The zero-order valence-electron chi connectivity index (χ0n) is 13.4. The minimum Gasteiger partial charge on any atom is -0.384 e. The number of benzene rings is 1.